The summed E-state index contributed by atoms with van der Waals surface area (Å²) in [5, 5.41) is 30.5. The molecule has 0 spiro atoms. The van der Waals surface area contributed by atoms with Gasteiger partial charge in [-0.3, -0.25) is 57.5 Å². The fourth-order valence-electron chi connectivity index (χ4n) is 9.80. The van der Waals surface area contributed by atoms with E-state index < -0.39 is 139 Å². The zero-order chi connectivity index (χ0) is 58.6. The molecule has 1 saturated heterocycles. The van der Waals surface area contributed by atoms with Crippen molar-refractivity contribution in [1.82, 2.24) is 47.1 Å². The van der Waals surface area contributed by atoms with Crippen LogP contribution in [0, 0.1) is 23.7 Å². The van der Waals surface area contributed by atoms with E-state index >= 15 is 0 Å². The molecule has 0 radical (unpaired) electrons. The lowest BCUT2D eigenvalue weighted by Crippen LogP contribution is -2.55. The molecule has 1 unspecified atom stereocenters. The molecule has 2 aromatic rings. The van der Waals surface area contributed by atoms with E-state index in [2.05, 4.69) is 42.2 Å². The number of allylic oxidation sites excluding steroid dienone is 1. The Labute approximate surface area is 469 Å². The van der Waals surface area contributed by atoms with Crippen LogP contribution in [0.2, 0.25) is 0 Å². The van der Waals surface area contributed by atoms with Crippen LogP contribution in [-0.4, -0.2) is 167 Å². The lowest BCUT2D eigenvalue weighted by molar-refractivity contribution is -0.145. The van der Waals surface area contributed by atoms with Gasteiger partial charge < -0.3 is 62.7 Å². The lowest BCUT2D eigenvalue weighted by atomic mass is 9.86. The molecule has 4 heterocycles. The minimum Gasteiger partial charge on any atom is -0.391 e. The smallest absolute Gasteiger partial charge is 0.243 e. The maximum atomic E-state index is 14.8. The van der Waals surface area contributed by atoms with E-state index in [1.165, 1.54) is 6.08 Å². The summed E-state index contributed by atoms with van der Waals surface area (Å²) in [5.41, 5.74) is 7.24. The van der Waals surface area contributed by atoms with Crippen molar-refractivity contribution < 1.29 is 67.4 Å². The number of H-pyrrole nitrogens is 1. The zero-order valence-electron chi connectivity index (χ0n) is 46.2. The maximum Gasteiger partial charge on any atom is 0.243 e. The van der Waals surface area contributed by atoms with Crippen LogP contribution in [0.1, 0.15) is 104 Å². The molecule has 3 aliphatic rings. The standard InChI is InChI=1S/C55H78N10O14S/c1-6-10-45(71)58-16-18-79-17-14-46(72)57-15-9-11-35(66)19-32-12-13-39-37(20-32)38-21-33-22-43(69)49(30(4)7-2)64-52(76)41-25-36(67)28-65(41)55(78)34(24-44(56)70)23-42(68)40(29-80-54(38)62-39)61-47(73)26-60-53(77)50(31(5)8-3)63-48(74)27-59-51(33)75/h6,10,12-13,20,30-31,33-34,36,40-41,49-50,62,67H,7-9,11,14-19,21-29H2,1-5H3,(H2,56,70)(H,57,72)(H,58,71)(H,59,75)(H,60,77)(H,61,73)(H,63,74)(H,64,76)/b10-6+/t30?,31-,33+,34-,36+,40-,41-,49-,50-/m0/s1. The Bertz CT molecular complexity index is 2660. The van der Waals surface area contributed by atoms with E-state index in [1.54, 1.807) is 58.9 Å². The van der Waals surface area contributed by atoms with Gasteiger partial charge in [0.15, 0.2) is 11.6 Å². The molecule has 0 saturated carbocycles. The topological polar surface area (TPSA) is 364 Å². The summed E-state index contributed by atoms with van der Waals surface area (Å²) >= 11 is 1.07. The van der Waals surface area contributed by atoms with E-state index in [9.17, 15) is 62.6 Å². The minimum absolute atomic E-state index is 0.0133. The summed E-state index contributed by atoms with van der Waals surface area (Å²) in [6.45, 7) is 8.07. The van der Waals surface area contributed by atoms with Crippen LogP contribution in [0.5, 0.6) is 0 Å². The highest BCUT2D eigenvalue weighted by molar-refractivity contribution is 7.99. The van der Waals surface area contributed by atoms with Crippen LogP contribution in [0.25, 0.3) is 10.9 Å². The summed E-state index contributed by atoms with van der Waals surface area (Å²) in [6, 6.07) is 0.120. The summed E-state index contributed by atoms with van der Waals surface area (Å²) in [7, 11) is 0. The SMILES string of the molecule is C/C=C/C(=O)NCCOCCC(=O)NCCCC(=O)Cc1ccc2[nH]c3c(c2c1)C[C@@H]1CC(=O)[C@H](C(C)CC)NC(=O)[C@@H]2C[C@@H](O)CN2C(=O)[C@H](CC(N)=O)CC(=O)[C@H](CS3)NC(=O)CNC(=O)[C@H]([C@@H](C)CC)NC(=O)CNC1=O. The van der Waals surface area contributed by atoms with E-state index in [0.717, 1.165) is 16.7 Å². The van der Waals surface area contributed by atoms with Gasteiger partial charge in [-0.15, -0.1) is 11.8 Å². The monoisotopic (exact) mass is 1130 g/mol. The fraction of sp³-hybridized carbons (Fsp3) is 0.600. The number of ether oxygens (including phenoxy) is 1. The number of aromatic nitrogens is 1. The number of primary amides is 1. The minimum atomic E-state index is -1.45. The molecule has 25 heteroatoms. The van der Waals surface area contributed by atoms with Crippen molar-refractivity contribution in [3.8, 4) is 0 Å². The highest BCUT2D eigenvalue weighted by Crippen LogP contribution is 2.35. The number of rotatable bonds is 19. The van der Waals surface area contributed by atoms with Crippen LogP contribution in [0.3, 0.4) is 0 Å². The van der Waals surface area contributed by atoms with E-state index in [0.29, 0.717) is 52.9 Å². The lowest BCUT2D eigenvalue weighted by Gasteiger charge is -2.31. The van der Waals surface area contributed by atoms with Gasteiger partial charge in [-0.25, -0.2) is 0 Å². The highest BCUT2D eigenvalue weighted by Gasteiger charge is 2.44. The summed E-state index contributed by atoms with van der Waals surface area (Å²) in [5.74, 6) is -11.4. The van der Waals surface area contributed by atoms with E-state index in [4.69, 9.17) is 10.5 Å². The van der Waals surface area contributed by atoms with Gasteiger partial charge in [-0.1, -0.05) is 52.7 Å². The first-order valence-electron chi connectivity index (χ1n) is 27.4. The number of aliphatic hydroxyl groups excluding tert-OH is 1. The van der Waals surface area contributed by atoms with Crippen LogP contribution in [0.4, 0.5) is 0 Å². The number of nitrogens with zero attached hydrogens (tertiary/aromatic N) is 1. The number of fused-ring (bicyclic) bond motifs is 5. The quantitative estimate of drug-likeness (QED) is 0.0638. The fourth-order valence-corrected chi connectivity index (χ4v) is 11.0. The van der Waals surface area contributed by atoms with Crippen LogP contribution >= 0.6 is 11.8 Å². The number of hydrogen-bond donors (Lipinski definition) is 10. The second-order valence-electron chi connectivity index (χ2n) is 20.8. The molecule has 24 nitrogen and oxygen atoms in total. The number of carbonyl (C=O) groups is 12. The van der Waals surface area contributed by atoms with Crippen LogP contribution in [0.15, 0.2) is 35.4 Å². The average Bonchev–Trinajstić information content (AvgIpc) is 4.04. The molecule has 3 aliphatic heterocycles. The normalized spacial score (nSPS) is 23.9. The Morgan fingerprint density at radius 2 is 1.54 bits per heavy atom. The first-order chi connectivity index (χ1) is 38.1. The van der Waals surface area contributed by atoms with Crippen LogP contribution < -0.4 is 43.0 Å². The van der Waals surface area contributed by atoms with Gasteiger partial charge in [-0.2, -0.15) is 0 Å². The van der Waals surface area contributed by atoms with Gasteiger partial charge >= 0.3 is 0 Å². The largest absolute Gasteiger partial charge is 0.391 e. The Morgan fingerprint density at radius 3 is 2.24 bits per heavy atom. The van der Waals surface area contributed by atoms with Gasteiger partial charge in [0.25, 0.3) is 0 Å². The predicted molar refractivity (Wildman–Crippen MR) is 294 cm³/mol. The van der Waals surface area contributed by atoms with Gasteiger partial charge in [-0.05, 0) is 60.9 Å². The third-order valence-corrected chi connectivity index (χ3v) is 15.8. The molecule has 1 fully saturated rings. The van der Waals surface area contributed by atoms with E-state index in [-0.39, 0.29) is 81.8 Å². The van der Waals surface area contributed by atoms with Crippen LogP contribution in [-0.2, 0) is 75.1 Å². The Balaban J connectivity index is 1.52. The Kier molecular flexibility index (Phi) is 24.8. The number of nitrogens with two attached hydrogens (primary N) is 1. The second-order valence-corrected chi connectivity index (χ2v) is 21.8. The highest BCUT2D eigenvalue weighted by atomic mass is 32.2. The molecular formula is C55H78N10O14S. The number of carbonyl (C=O) groups excluding carboxylic acids is 12. The third-order valence-electron chi connectivity index (χ3n) is 14.6. The van der Waals surface area contributed by atoms with Crippen molar-refractivity contribution in [3.63, 3.8) is 0 Å². The van der Waals surface area contributed by atoms with E-state index in [1.807, 2.05) is 0 Å². The van der Waals surface area contributed by atoms with Crippen molar-refractivity contribution in [2.75, 3.05) is 51.7 Å². The first kappa shape index (κ1) is 63.8. The zero-order valence-corrected chi connectivity index (χ0v) is 47.0. The summed E-state index contributed by atoms with van der Waals surface area (Å²) in [4.78, 5) is 168. The molecule has 1 aromatic heterocycles. The molecule has 5 rings (SSSR count). The molecule has 0 aliphatic carbocycles. The number of ketones is 3. The van der Waals surface area contributed by atoms with Gasteiger partial charge in [0, 0.05) is 87.2 Å². The third kappa shape index (κ3) is 18.8. The Morgan fingerprint density at radius 1 is 0.838 bits per heavy atom. The number of Topliss-reactive ketones (excluding diaryl/α,β-unsaturated/α-hetero) is 3. The Hall–Kier alpha value is -6.99. The average molecular weight is 1140 g/mol. The molecule has 1 aromatic carbocycles. The molecule has 9 atom stereocenters. The molecule has 2 bridgehead atoms. The van der Waals surface area contributed by atoms with Crippen molar-refractivity contribution in [2.45, 2.75) is 141 Å². The number of thioether (sulfide) groups is 1. The van der Waals surface area contributed by atoms with Gasteiger partial charge in [0.1, 0.15) is 17.9 Å². The number of amides is 9. The van der Waals surface area contributed by atoms with Crippen molar-refractivity contribution in [1.29, 1.82) is 0 Å². The van der Waals surface area contributed by atoms with Gasteiger partial charge in [0.2, 0.25) is 53.2 Å². The number of hydrogen-bond acceptors (Lipinski definition) is 15. The predicted octanol–water partition coefficient (Wildman–Crippen LogP) is -0.296. The number of aliphatic hydroxyl groups is 1. The molecule has 9 amide bonds. The number of nitrogens with one attached hydrogen (secondary N) is 8. The van der Waals surface area contributed by atoms with Crippen molar-refractivity contribution >= 4 is 93.2 Å². The molecular weight excluding hydrogens is 1060 g/mol. The van der Waals surface area contributed by atoms with Crippen molar-refractivity contribution in [3.05, 3.63) is 41.5 Å². The summed E-state index contributed by atoms with van der Waals surface area (Å²) < 4.78 is 5.42. The number of aromatic amines is 1. The number of benzene rings is 1. The maximum absolute atomic E-state index is 14.8. The molecule has 438 valence electrons. The molecule has 11 N–H and O–H groups in total. The summed E-state index contributed by atoms with van der Waals surface area (Å²) in [6.07, 6.45) is 0.985. The molecule has 80 heavy (non-hydrogen) atoms. The van der Waals surface area contributed by atoms with Gasteiger partial charge in [0.05, 0.1) is 55.4 Å². The first-order valence-corrected chi connectivity index (χ1v) is 28.4. The van der Waals surface area contributed by atoms with Crippen molar-refractivity contribution in [2.24, 2.45) is 29.4 Å². The second kappa shape index (κ2) is 31.1.